The Balaban J connectivity index is 1.33. The average molecular weight is 434 g/mol. The van der Waals surface area contributed by atoms with Crippen LogP contribution in [0.2, 0.25) is 0 Å². The number of methoxy groups -OCH3 is 1. The fourth-order valence-electron chi connectivity index (χ4n) is 4.51. The number of nitrogens with one attached hydrogen (secondary N) is 1. The van der Waals surface area contributed by atoms with Crippen molar-refractivity contribution in [2.75, 3.05) is 20.2 Å². The Hall–Kier alpha value is -3.28. The minimum absolute atomic E-state index is 0.0469. The molecule has 2 amide bonds. The second-order valence-corrected chi connectivity index (χ2v) is 8.50. The van der Waals surface area contributed by atoms with Crippen molar-refractivity contribution in [3.63, 3.8) is 0 Å². The Morgan fingerprint density at radius 3 is 2.66 bits per heavy atom. The quantitative estimate of drug-likeness (QED) is 0.589. The Labute approximate surface area is 189 Å². The van der Waals surface area contributed by atoms with Crippen LogP contribution < -0.4 is 10.1 Å². The zero-order chi connectivity index (χ0) is 22.7. The van der Waals surface area contributed by atoms with Crippen molar-refractivity contribution < 1.29 is 14.3 Å². The molecule has 1 aliphatic heterocycles. The van der Waals surface area contributed by atoms with E-state index in [2.05, 4.69) is 48.0 Å². The second-order valence-electron chi connectivity index (χ2n) is 8.50. The summed E-state index contributed by atoms with van der Waals surface area (Å²) < 4.78 is 7.42. The Kier molecular flexibility index (Phi) is 6.49. The van der Waals surface area contributed by atoms with Crippen LogP contribution in [0.1, 0.15) is 30.2 Å². The highest BCUT2D eigenvalue weighted by atomic mass is 16.5. The first-order valence-corrected chi connectivity index (χ1v) is 11.3. The molecule has 1 atom stereocenters. The number of fused-ring (bicyclic) bond motifs is 1. The highest BCUT2D eigenvalue weighted by molar-refractivity contribution is 5.89. The van der Waals surface area contributed by atoms with Gasteiger partial charge in [0, 0.05) is 42.7 Å². The summed E-state index contributed by atoms with van der Waals surface area (Å²) >= 11 is 0. The van der Waals surface area contributed by atoms with E-state index in [1.807, 2.05) is 24.3 Å². The maximum absolute atomic E-state index is 12.8. The van der Waals surface area contributed by atoms with Gasteiger partial charge in [0.05, 0.1) is 19.6 Å². The van der Waals surface area contributed by atoms with E-state index in [9.17, 15) is 9.59 Å². The molecule has 1 saturated heterocycles. The van der Waals surface area contributed by atoms with Crippen LogP contribution in [0, 0.1) is 12.8 Å². The van der Waals surface area contributed by atoms with Gasteiger partial charge >= 0.3 is 0 Å². The Morgan fingerprint density at radius 1 is 1.16 bits per heavy atom. The number of likely N-dealkylation sites (tertiary alicyclic amines) is 1. The van der Waals surface area contributed by atoms with Gasteiger partial charge in [-0.1, -0.05) is 23.8 Å². The number of hydrogen-bond acceptors (Lipinski definition) is 3. The minimum Gasteiger partial charge on any atom is -0.497 e. The molecule has 0 aliphatic carbocycles. The molecular weight excluding hydrogens is 402 g/mol. The van der Waals surface area contributed by atoms with Gasteiger partial charge < -0.3 is 19.5 Å². The Bertz CT molecular complexity index is 1120. The molecule has 6 heteroatoms. The first-order chi connectivity index (χ1) is 15.5. The zero-order valence-corrected chi connectivity index (χ0v) is 19.1. The van der Waals surface area contributed by atoms with Gasteiger partial charge in [0.25, 0.3) is 0 Å². The van der Waals surface area contributed by atoms with Crippen LogP contribution in [0.4, 0.5) is 0 Å². The summed E-state index contributed by atoms with van der Waals surface area (Å²) in [7, 11) is 1.64. The van der Waals surface area contributed by atoms with Crippen molar-refractivity contribution in [1.82, 2.24) is 14.8 Å². The summed E-state index contributed by atoms with van der Waals surface area (Å²) in [6.07, 6.45) is 1.05. The first-order valence-electron chi connectivity index (χ1n) is 11.3. The zero-order valence-electron chi connectivity index (χ0n) is 19.1. The lowest BCUT2D eigenvalue weighted by atomic mass is 10.1. The van der Waals surface area contributed by atoms with Gasteiger partial charge in [-0.3, -0.25) is 9.59 Å². The van der Waals surface area contributed by atoms with E-state index < -0.39 is 0 Å². The van der Waals surface area contributed by atoms with E-state index in [1.54, 1.807) is 12.0 Å². The molecule has 0 spiro atoms. The predicted octanol–water partition coefficient (Wildman–Crippen LogP) is 3.69. The number of aromatic nitrogens is 1. The van der Waals surface area contributed by atoms with Crippen molar-refractivity contribution in [2.45, 2.75) is 39.8 Å². The number of nitrogens with zero attached hydrogens (tertiary/aromatic N) is 2. The molecule has 4 rings (SSSR count). The monoisotopic (exact) mass is 433 g/mol. The molecular formula is C26H31N3O3. The largest absolute Gasteiger partial charge is 0.497 e. The third-order valence-corrected chi connectivity index (χ3v) is 6.32. The summed E-state index contributed by atoms with van der Waals surface area (Å²) in [6, 6.07) is 16.4. The third-order valence-electron chi connectivity index (χ3n) is 6.32. The summed E-state index contributed by atoms with van der Waals surface area (Å²) in [5.41, 5.74) is 4.64. The van der Waals surface area contributed by atoms with Gasteiger partial charge in [0.15, 0.2) is 0 Å². The number of ether oxygens (including phenoxy) is 1. The van der Waals surface area contributed by atoms with E-state index in [0.29, 0.717) is 19.6 Å². The van der Waals surface area contributed by atoms with Crippen LogP contribution >= 0.6 is 0 Å². The molecule has 0 saturated carbocycles. The topological polar surface area (TPSA) is 63.6 Å². The van der Waals surface area contributed by atoms with Crippen LogP contribution in [0.25, 0.3) is 10.9 Å². The SMILES string of the molecule is CCn1c(CNC(=O)[C@@H]2CC(=O)N(CCc3ccc(OC)cc3)C2)cc2cc(C)ccc21. The van der Waals surface area contributed by atoms with Crippen LogP contribution in [0.15, 0.2) is 48.5 Å². The number of carbonyl (C=O) groups excluding carboxylic acids is 2. The van der Waals surface area contributed by atoms with Crippen molar-refractivity contribution in [3.8, 4) is 5.75 Å². The maximum Gasteiger partial charge on any atom is 0.225 e. The van der Waals surface area contributed by atoms with E-state index in [-0.39, 0.29) is 24.2 Å². The standard InChI is InChI=1S/C26H31N3O3/c1-4-29-22(14-20-13-18(2)5-10-24(20)29)16-27-26(31)21-15-25(30)28(17-21)12-11-19-6-8-23(32-3)9-7-19/h5-10,13-14,21H,4,11-12,15-17H2,1-3H3,(H,27,31)/t21-/m1/s1. The van der Waals surface area contributed by atoms with Crippen LogP contribution in [0.3, 0.4) is 0 Å². The van der Waals surface area contributed by atoms with Crippen LogP contribution in [-0.4, -0.2) is 41.5 Å². The normalized spacial score (nSPS) is 16.0. The highest BCUT2D eigenvalue weighted by Crippen LogP contribution is 2.23. The number of carbonyl (C=O) groups is 2. The molecule has 1 aromatic heterocycles. The molecule has 1 aliphatic rings. The summed E-state index contributed by atoms with van der Waals surface area (Å²) in [5, 5.41) is 4.26. The van der Waals surface area contributed by atoms with E-state index in [1.165, 1.54) is 16.5 Å². The molecule has 1 N–H and O–H groups in total. The number of aryl methyl sites for hydroxylation is 2. The van der Waals surface area contributed by atoms with Gasteiger partial charge in [0.2, 0.25) is 11.8 Å². The number of amides is 2. The van der Waals surface area contributed by atoms with Crippen molar-refractivity contribution in [1.29, 1.82) is 0 Å². The second kappa shape index (κ2) is 9.47. The molecule has 2 heterocycles. The van der Waals surface area contributed by atoms with Gasteiger partial charge in [0.1, 0.15) is 5.75 Å². The molecule has 3 aromatic rings. The van der Waals surface area contributed by atoms with Crippen molar-refractivity contribution in [2.24, 2.45) is 5.92 Å². The first kappa shape index (κ1) is 21.9. The predicted molar refractivity (Wildman–Crippen MR) is 126 cm³/mol. The molecule has 1 fully saturated rings. The lowest BCUT2D eigenvalue weighted by Gasteiger charge is -2.17. The lowest BCUT2D eigenvalue weighted by molar-refractivity contribution is -0.129. The van der Waals surface area contributed by atoms with E-state index in [0.717, 1.165) is 30.0 Å². The van der Waals surface area contributed by atoms with E-state index >= 15 is 0 Å². The molecule has 6 nitrogen and oxygen atoms in total. The molecule has 0 radical (unpaired) electrons. The highest BCUT2D eigenvalue weighted by Gasteiger charge is 2.33. The van der Waals surface area contributed by atoms with Crippen LogP contribution in [0.5, 0.6) is 5.75 Å². The molecule has 2 aromatic carbocycles. The van der Waals surface area contributed by atoms with E-state index in [4.69, 9.17) is 4.74 Å². The molecule has 32 heavy (non-hydrogen) atoms. The molecule has 0 unspecified atom stereocenters. The minimum atomic E-state index is -0.292. The van der Waals surface area contributed by atoms with Crippen LogP contribution in [-0.2, 0) is 29.1 Å². The lowest BCUT2D eigenvalue weighted by Crippen LogP contribution is -2.33. The number of hydrogen-bond donors (Lipinski definition) is 1. The molecule has 168 valence electrons. The smallest absolute Gasteiger partial charge is 0.225 e. The number of rotatable bonds is 8. The maximum atomic E-state index is 12.8. The Morgan fingerprint density at radius 2 is 1.94 bits per heavy atom. The summed E-state index contributed by atoms with van der Waals surface area (Å²) in [5.74, 6) is 0.534. The van der Waals surface area contributed by atoms with Gasteiger partial charge in [-0.25, -0.2) is 0 Å². The number of benzene rings is 2. The fourth-order valence-corrected chi connectivity index (χ4v) is 4.51. The van der Waals surface area contributed by atoms with Gasteiger partial charge in [-0.05, 0) is 56.2 Å². The third kappa shape index (κ3) is 4.64. The fraction of sp³-hybridized carbons (Fsp3) is 0.385. The summed E-state index contributed by atoms with van der Waals surface area (Å²) in [4.78, 5) is 27.1. The molecule has 0 bridgehead atoms. The van der Waals surface area contributed by atoms with Crippen molar-refractivity contribution in [3.05, 3.63) is 65.4 Å². The van der Waals surface area contributed by atoms with Crippen molar-refractivity contribution >= 4 is 22.7 Å². The van der Waals surface area contributed by atoms with Gasteiger partial charge in [-0.2, -0.15) is 0 Å². The average Bonchev–Trinajstić information content (AvgIpc) is 3.35. The summed E-state index contributed by atoms with van der Waals surface area (Å²) in [6.45, 7) is 6.62. The van der Waals surface area contributed by atoms with Gasteiger partial charge in [-0.15, -0.1) is 0 Å².